The first kappa shape index (κ1) is 22.6. The van der Waals surface area contributed by atoms with Gasteiger partial charge in [0.1, 0.15) is 6.61 Å². The van der Waals surface area contributed by atoms with Gasteiger partial charge in [-0.2, -0.15) is 10.1 Å². The minimum Gasteiger partial charge on any atom is -0.493 e. The van der Waals surface area contributed by atoms with E-state index < -0.39 is 5.97 Å². The number of benzene rings is 2. The number of allylic oxidation sites excluding steroid dienone is 2. The number of hydrogen-bond acceptors (Lipinski definition) is 6. The van der Waals surface area contributed by atoms with Crippen molar-refractivity contribution in [1.82, 2.24) is 5.01 Å². The first-order valence-corrected chi connectivity index (χ1v) is 11.9. The monoisotopic (exact) mass is 572 g/mol. The van der Waals surface area contributed by atoms with Crippen molar-refractivity contribution in [2.75, 3.05) is 7.11 Å². The second-order valence-corrected chi connectivity index (χ2v) is 9.72. The zero-order valence-corrected chi connectivity index (χ0v) is 20.3. The SMILES string of the molecule is COc1cc(C=NN2C(=O)[C@@H]3[C@H](C2=O)[C@H]2C=C[C@H]3C2)cc(I)c1OCc1ccc(C(=O)O)cc1. The topological polar surface area (TPSA) is 106 Å². The number of rotatable bonds is 7. The molecule has 9 heteroatoms. The number of carbonyl (C=O) groups excluding carboxylic acids is 2. The normalized spacial score (nSPS) is 24.8. The van der Waals surface area contributed by atoms with Gasteiger partial charge >= 0.3 is 5.97 Å². The minimum atomic E-state index is -0.981. The summed E-state index contributed by atoms with van der Waals surface area (Å²) in [6, 6.07) is 10.0. The Morgan fingerprint density at radius 1 is 1.15 bits per heavy atom. The Balaban J connectivity index is 1.31. The molecule has 2 amide bonds. The molecule has 3 aliphatic rings. The standard InChI is InChI=1S/C25H21IN2O6/c1-33-19-9-14(8-18(26)22(19)34-12-13-2-4-15(5-3-13)25(31)32)11-27-28-23(29)20-16-6-7-17(10-16)21(20)24(28)30/h2-9,11,16-17,20-21H,10,12H2,1H3,(H,31,32)/t16-,17-,20-,21+/m0/s1. The summed E-state index contributed by atoms with van der Waals surface area (Å²) < 4.78 is 12.2. The van der Waals surface area contributed by atoms with Gasteiger partial charge in [0.25, 0.3) is 11.8 Å². The predicted octanol–water partition coefficient (Wildman–Crippen LogP) is 3.72. The van der Waals surface area contributed by atoms with Gasteiger partial charge < -0.3 is 14.6 Å². The molecule has 1 heterocycles. The summed E-state index contributed by atoms with van der Waals surface area (Å²) in [5, 5.41) is 14.3. The van der Waals surface area contributed by atoms with E-state index in [4.69, 9.17) is 14.6 Å². The van der Waals surface area contributed by atoms with E-state index in [1.54, 1.807) is 18.2 Å². The summed E-state index contributed by atoms with van der Waals surface area (Å²) in [7, 11) is 1.53. The van der Waals surface area contributed by atoms with E-state index in [1.807, 2.05) is 6.07 Å². The molecule has 2 aromatic rings. The summed E-state index contributed by atoms with van der Waals surface area (Å²) in [6.45, 7) is 0.232. The highest BCUT2D eigenvalue weighted by Crippen LogP contribution is 2.52. The van der Waals surface area contributed by atoms with Crippen LogP contribution in [0.2, 0.25) is 0 Å². The number of carboxylic acids is 1. The van der Waals surface area contributed by atoms with E-state index in [1.165, 1.54) is 25.5 Å². The van der Waals surface area contributed by atoms with Crippen molar-refractivity contribution in [3.8, 4) is 11.5 Å². The fraction of sp³-hybridized carbons (Fsp3) is 0.280. The number of carboxylic acid groups (broad SMARTS) is 1. The second-order valence-electron chi connectivity index (χ2n) is 8.56. The van der Waals surface area contributed by atoms with Crippen LogP contribution < -0.4 is 9.47 Å². The average Bonchev–Trinajstić information content (AvgIpc) is 3.51. The van der Waals surface area contributed by atoms with Crippen LogP contribution in [0.5, 0.6) is 11.5 Å². The van der Waals surface area contributed by atoms with Crippen LogP contribution in [0.4, 0.5) is 0 Å². The zero-order chi connectivity index (χ0) is 24.0. The fourth-order valence-corrected chi connectivity index (χ4v) is 5.76. The van der Waals surface area contributed by atoms with Crippen molar-refractivity contribution in [3.05, 3.63) is 68.8 Å². The number of amides is 2. The van der Waals surface area contributed by atoms with Crippen LogP contribution in [0, 0.1) is 27.2 Å². The molecule has 0 radical (unpaired) electrons. The van der Waals surface area contributed by atoms with Crippen LogP contribution in [0.25, 0.3) is 0 Å². The van der Waals surface area contributed by atoms with Gasteiger partial charge in [0, 0.05) is 0 Å². The molecular formula is C25H21IN2O6. The maximum atomic E-state index is 12.8. The lowest BCUT2D eigenvalue weighted by molar-refractivity contribution is -0.140. The summed E-state index contributed by atoms with van der Waals surface area (Å²) >= 11 is 2.12. The molecule has 0 spiro atoms. The van der Waals surface area contributed by atoms with Gasteiger partial charge in [-0.05, 0) is 76.2 Å². The third-order valence-corrected chi connectivity index (χ3v) is 7.41. The van der Waals surface area contributed by atoms with Crippen LogP contribution in [0.15, 0.2) is 53.7 Å². The number of aromatic carboxylic acids is 1. The molecule has 4 atom stereocenters. The van der Waals surface area contributed by atoms with E-state index in [-0.39, 0.29) is 47.7 Å². The molecule has 8 nitrogen and oxygen atoms in total. The molecule has 174 valence electrons. The van der Waals surface area contributed by atoms with E-state index in [9.17, 15) is 14.4 Å². The third kappa shape index (κ3) is 3.87. The van der Waals surface area contributed by atoms with Crippen LogP contribution >= 0.6 is 22.6 Å². The van der Waals surface area contributed by atoms with Gasteiger partial charge in [0.05, 0.1) is 34.3 Å². The quantitative estimate of drug-likeness (QED) is 0.235. The van der Waals surface area contributed by atoms with Gasteiger partial charge in [0.2, 0.25) is 0 Å². The summed E-state index contributed by atoms with van der Waals surface area (Å²) in [4.78, 5) is 36.6. The number of imide groups is 1. The van der Waals surface area contributed by atoms with Crippen molar-refractivity contribution in [2.45, 2.75) is 13.0 Å². The van der Waals surface area contributed by atoms with Gasteiger partial charge in [-0.1, -0.05) is 24.3 Å². The van der Waals surface area contributed by atoms with Gasteiger partial charge in [0.15, 0.2) is 11.5 Å². The van der Waals surface area contributed by atoms with E-state index in [0.29, 0.717) is 17.1 Å². The first-order chi connectivity index (χ1) is 16.4. The number of methoxy groups -OCH3 is 1. The number of ether oxygens (including phenoxy) is 2. The molecular weight excluding hydrogens is 551 g/mol. The molecule has 34 heavy (non-hydrogen) atoms. The minimum absolute atomic E-state index is 0.143. The molecule has 0 unspecified atom stereocenters. The van der Waals surface area contributed by atoms with Crippen LogP contribution in [-0.4, -0.2) is 41.2 Å². The molecule has 1 N–H and O–H groups in total. The smallest absolute Gasteiger partial charge is 0.335 e. The van der Waals surface area contributed by atoms with Gasteiger partial charge in [-0.3, -0.25) is 9.59 Å². The predicted molar refractivity (Wildman–Crippen MR) is 131 cm³/mol. The van der Waals surface area contributed by atoms with Gasteiger partial charge in [-0.25, -0.2) is 4.79 Å². The molecule has 2 bridgehead atoms. The van der Waals surface area contributed by atoms with Crippen LogP contribution in [0.3, 0.4) is 0 Å². The lowest BCUT2D eigenvalue weighted by Gasteiger charge is -2.14. The lowest BCUT2D eigenvalue weighted by Crippen LogP contribution is -2.28. The molecule has 2 aromatic carbocycles. The maximum Gasteiger partial charge on any atom is 0.335 e. The second kappa shape index (κ2) is 8.86. The number of carbonyl (C=O) groups is 3. The van der Waals surface area contributed by atoms with Crippen molar-refractivity contribution in [3.63, 3.8) is 0 Å². The van der Waals surface area contributed by atoms with E-state index in [2.05, 4.69) is 39.8 Å². The Morgan fingerprint density at radius 2 is 1.79 bits per heavy atom. The Kier molecular flexibility index (Phi) is 5.88. The molecule has 1 saturated carbocycles. The molecule has 1 saturated heterocycles. The lowest BCUT2D eigenvalue weighted by atomic mass is 9.85. The number of halogens is 1. The molecule has 2 aliphatic carbocycles. The Morgan fingerprint density at radius 3 is 2.38 bits per heavy atom. The number of hydrogen-bond donors (Lipinski definition) is 1. The highest BCUT2D eigenvalue weighted by Gasteiger charge is 2.59. The Bertz CT molecular complexity index is 1210. The highest BCUT2D eigenvalue weighted by atomic mass is 127. The van der Waals surface area contributed by atoms with Crippen molar-refractivity contribution in [1.29, 1.82) is 0 Å². The number of hydrazone groups is 1. The van der Waals surface area contributed by atoms with Crippen molar-refractivity contribution < 1.29 is 29.0 Å². The van der Waals surface area contributed by atoms with Crippen molar-refractivity contribution >= 4 is 46.6 Å². The summed E-state index contributed by atoms with van der Waals surface area (Å²) in [5.74, 6) is -0.692. The average molecular weight is 572 g/mol. The maximum absolute atomic E-state index is 12.8. The molecule has 0 aromatic heterocycles. The Labute approximate surface area is 209 Å². The molecule has 5 rings (SSSR count). The van der Waals surface area contributed by atoms with Crippen LogP contribution in [-0.2, 0) is 16.2 Å². The first-order valence-electron chi connectivity index (χ1n) is 10.8. The number of fused-ring (bicyclic) bond motifs is 5. The highest BCUT2D eigenvalue weighted by molar-refractivity contribution is 14.1. The van der Waals surface area contributed by atoms with Gasteiger partial charge in [-0.15, -0.1) is 0 Å². The van der Waals surface area contributed by atoms with E-state index in [0.717, 1.165) is 20.6 Å². The zero-order valence-electron chi connectivity index (χ0n) is 18.2. The van der Waals surface area contributed by atoms with Crippen molar-refractivity contribution in [2.24, 2.45) is 28.8 Å². The van der Waals surface area contributed by atoms with E-state index >= 15 is 0 Å². The molecule has 1 aliphatic heterocycles. The molecule has 2 fully saturated rings. The Hall–Kier alpha value is -3.21. The summed E-state index contributed by atoms with van der Waals surface area (Å²) in [5.41, 5.74) is 1.69. The summed E-state index contributed by atoms with van der Waals surface area (Å²) in [6.07, 6.45) is 6.48. The van der Waals surface area contributed by atoms with Crippen LogP contribution in [0.1, 0.15) is 27.9 Å². The largest absolute Gasteiger partial charge is 0.493 e. The number of nitrogens with zero attached hydrogens (tertiary/aromatic N) is 2. The third-order valence-electron chi connectivity index (χ3n) is 6.61. The fourth-order valence-electron chi connectivity index (χ4n) is 4.98.